The number of nitrogen functional groups attached to an aromatic ring is 1. The summed E-state index contributed by atoms with van der Waals surface area (Å²) in [6.07, 6.45) is 7.54. The van der Waals surface area contributed by atoms with Gasteiger partial charge < -0.3 is 10.6 Å². The Morgan fingerprint density at radius 3 is 2.63 bits per heavy atom. The van der Waals surface area contributed by atoms with Crippen LogP contribution < -0.4 is 10.6 Å². The van der Waals surface area contributed by atoms with Crippen LogP contribution in [0.4, 0.5) is 11.4 Å². The number of rotatable bonds is 6. The summed E-state index contributed by atoms with van der Waals surface area (Å²) in [6, 6.07) is 6.44. The van der Waals surface area contributed by atoms with E-state index in [1.54, 1.807) is 0 Å². The van der Waals surface area contributed by atoms with Crippen LogP contribution in [0.5, 0.6) is 0 Å². The number of benzene rings is 1. The van der Waals surface area contributed by atoms with E-state index in [0.717, 1.165) is 12.1 Å². The molecule has 0 spiro atoms. The summed E-state index contributed by atoms with van der Waals surface area (Å²) >= 11 is 0. The summed E-state index contributed by atoms with van der Waals surface area (Å²) in [5.41, 5.74) is 9.99. The average molecular weight is 260 g/mol. The van der Waals surface area contributed by atoms with Crippen molar-refractivity contribution in [2.45, 2.75) is 64.8 Å². The van der Waals surface area contributed by atoms with Crippen molar-refractivity contribution in [3.63, 3.8) is 0 Å². The molecule has 0 radical (unpaired) electrons. The molecule has 1 aromatic carbocycles. The lowest BCUT2D eigenvalue weighted by molar-refractivity contribution is 0.394. The van der Waals surface area contributed by atoms with Crippen molar-refractivity contribution in [2.75, 3.05) is 17.2 Å². The molecule has 2 heteroatoms. The van der Waals surface area contributed by atoms with Crippen LogP contribution in [0, 0.1) is 0 Å². The minimum Gasteiger partial charge on any atom is -0.399 e. The number of nitrogens with two attached hydrogens (primary N) is 1. The first-order valence-electron chi connectivity index (χ1n) is 7.77. The van der Waals surface area contributed by atoms with Gasteiger partial charge in [0.1, 0.15) is 0 Å². The molecule has 1 heterocycles. The molecule has 1 aliphatic heterocycles. The highest BCUT2D eigenvalue weighted by Crippen LogP contribution is 2.42. The van der Waals surface area contributed by atoms with Crippen molar-refractivity contribution in [2.24, 2.45) is 0 Å². The Kier molecular flexibility index (Phi) is 4.38. The second-order valence-corrected chi connectivity index (χ2v) is 6.17. The maximum Gasteiger partial charge on any atom is 0.0415 e. The van der Waals surface area contributed by atoms with Crippen molar-refractivity contribution < 1.29 is 0 Å². The van der Waals surface area contributed by atoms with E-state index < -0.39 is 0 Å². The number of nitrogens with zero attached hydrogens (tertiary/aromatic N) is 1. The molecule has 106 valence electrons. The van der Waals surface area contributed by atoms with Crippen LogP contribution in [0.25, 0.3) is 0 Å². The van der Waals surface area contributed by atoms with Crippen LogP contribution in [0.1, 0.15) is 58.4 Å². The maximum atomic E-state index is 5.95. The second-order valence-electron chi connectivity index (χ2n) is 6.17. The Labute approximate surface area is 118 Å². The normalized spacial score (nSPS) is 21.7. The van der Waals surface area contributed by atoms with E-state index in [2.05, 4.69) is 37.8 Å². The summed E-state index contributed by atoms with van der Waals surface area (Å²) < 4.78 is 0. The summed E-state index contributed by atoms with van der Waals surface area (Å²) in [5, 5.41) is 0. The first-order chi connectivity index (χ1) is 9.10. The molecule has 1 atom stereocenters. The average Bonchev–Trinajstić information content (AvgIpc) is 2.65. The van der Waals surface area contributed by atoms with Crippen LogP contribution in [-0.4, -0.2) is 12.1 Å². The molecule has 0 amide bonds. The van der Waals surface area contributed by atoms with Crippen LogP contribution in [0.15, 0.2) is 18.2 Å². The van der Waals surface area contributed by atoms with E-state index >= 15 is 0 Å². The predicted octanol–water partition coefficient (Wildman–Crippen LogP) is 4.38. The lowest BCUT2D eigenvalue weighted by Gasteiger charge is -2.38. The predicted molar refractivity (Wildman–Crippen MR) is 84.7 cm³/mol. The fourth-order valence-corrected chi connectivity index (χ4v) is 3.29. The quantitative estimate of drug-likeness (QED) is 0.769. The van der Waals surface area contributed by atoms with E-state index in [1.165, 1.54) is 49.9 Å². The van der Waals surface area contributed by atoms with E-state index in [-0.39, 0.29) is 0 Å². The van der Waals surface area contributed by atoms with Gasteiger partial charge in [0.2, 0.25) is 0 Å². The molecule has 1 aromatic rings. The molecule has 0 saturated carbocycles. The summed E-state index contributed by atoms with van der Waals surface area (Å²) in [7, 11) is 0. The molecule has 0 fully saturated rings. The zero-order valence-electron chi connectivity index (χ0n) is 12.7. The van der Waals surface area contributed by atoms with Crippen LogP contribution >= 0.6 is 0 Å². The third kappa shape index (κ3) is 2.88. The Balaban J connectivity index is 2.26. The van der Waals surface area contributed by atoms with Crippen molar-refractivity contribution in [1.29, 1.82) is 0 Å². The van der Waals surface area contributed by atoms with Crippen molar-refractivity contribution >= 4 is 11.4 Å². The molecule has 19 heavy (non-hydrogen) atoms. The van der Waals surface area contributed by atoms with Gasteiger partial charge in [-0.15, -0.1) is 0 Å². The SMILES string of the molecule is CCCCN1c2ccc(N)cc2CC1(C)CCCC. The van der Waals surface area contributed by atoms with Gasteiger partial charge in [0, 0.05) is 23.5 Å². The Hall–Kier alpha value is -1.18. The van der Waals surface area contributed by atoms with Gasteiger partial charge in [0.05, 0.1) is 0 Å². The highest BCUT2D eigenvalue weighted by atomic mass is 15.2. The molecule has 2 nitrogen and oxygen atoms in total. The van der Waals surface area contributed by atoms with E-state index in [9.17, 15) is 0 Å². The first kappa shape index (κ1) is 14.2. The number of anilines is 2. The van der Waals surface area contributed by atoms with Crippen LogP contribution in [0.3, 0.4) is 0 Å². The summed E-state index contributed by atoms with van der Waals surface area (Å²) in [5.74, 6) is 0. The maximum absolute atomic E-state index is 5.95. The lowest BCUT2D eigenvalue weighted by atomic mass is 9.90. The van der Waals surface area contributed by atoms with Gasteiger partial charge in [-0.05, 0) is 49.9 Å². The molecule has 0 aliphatic carbocycles. The summed E-state index contributed by atoms with van der Waals surface area (Å²) in [4.78, 5) is 2.64. The van der Waals surface area contributed by atoms with Gasteiger partial charge in [-0.3, -0.25) is 0 Å². The molecule has 0 aromatic heterocycles. The van der Waals surface area contributed by atoms with E-state index in [4.69, 9.17) is 5.73 Å². The van der Waals surface area contributed by atoms with E-state index in [0.29, 0.717) is 5.54 Å². The minimum atomic E-state index is 0.293. The number of unbranched alkanes of at least 4 members (excludes halogenated alkanes) is 2. The fourth-order valence-electron chi connectivity index (χ4n) is 3.29. The number of fused-ring (bicyclic) bond motifs is 1. The molecular weight excluding hydrogens is 232 g/mol. The first-order valence-corrected chi connectivity index (χ1v) is 7.77. The Bertz CT molecular complexity index is 427. The topological polar surface area (TPSA) is 29.3 Å². The van der Waals surface area contributed by atoms with Gasteiger partial charge in [-0.25, -0.2) is 0 Å². The van der Waals surface area contributed by atoms with Crippen molar-refractivity contribution in [3.8, 4) is 0 Å². The Morgan fingerprint density at radius 1 is 1.21 bits per heavy atom. The van der Waals surface area contributed by atoms with Gasteiger partial charge >= 0.3 is 0 Å². The Morgan fingerprint density at radius 2 is 1.95 bits per heavy atom. The molecular formula is C17H28N2. The zero-order chi connectivity index (χ0) is 13.9. The van der Waals surface area contributed by atoms with Crippen molar-refractivity contribution in [1.82, 2.24) is 0 Å². The third-order valence-electron chi connectivity index (χ3n) is 4.42. The van der Waals surface area contributed by atoms with Crippen molar-refractivity contribution in [3.05, 3.63) is 23.8 Å². The monoisotopic (exact) mass is 260 g/mol. The van der Waals surface area contributed by atoms with Crippen LogP contribution in [0.2, 0.25) is 0 Å². The standard InChI is InChI=1S/C17H28N2/c1-4-6-10-17(3)13-14-12-15(18)8-9-16(14)19(17)11-7-5-2/h8-9,12H,4-7,10-11,13,18H2,1-3H3. The molecule has 0 saturated heterocycles. The van der Waals surface area contributed by atoms with Gasteiger partial charge in [-0.1, -0.05) is 33.1 Å². The molecule has 2 rings (SSSR count). The highest BCUT2D eigenvalue weighted by Gasteiger charge is 2.38. The van der Waals surface area contributed by atoms with Gasteiger partial charge in [0.25, 0.3) is 0 Å². The highest BCUT2D eigenvalue weighted by molar-refractivity contribution is 5.65. The zero-order valence-corrected chi connectivity index (χ0v) is 12.7. The molecule has 0 bridgehead atoms. The van der Waals surface area contributed by atoms with E-state index in [1.807, 2.05) is 6.07 Å². The largest absolute Gasteiger partial charge is 0.399 e. The van der Waals surface area contributed by atoms with Gasteiger partial charge in [-0.2, -0.15) is 0 Å². The van der Waals surface area contributed by atoms with Gasteiger partial charge in [0.15, 0.2) is 0 Å². The minimum absolute atomic E-state index is 0.293. The smallest absolute Gasteiger partial charge is 0.0415 e. The number of hydrogen-bond donors (Lipinski definition) is 1. The molecule has 2 N–H and O–H groups in total. The molecule has 1 unspecified atom stereocenters. The second kappa shape index (κ2) is 5.85. The lowest BCUT2D eigenvalue weighted by Crippen LogP contribution is -2.44. The number of hydrogen-bond acceptors (Lipinski definition) is 2. The van der Waals surface area contributed by atoms with Crippen LogP contribution in [-0.2, 0) is 6.42 Å². The summed E-state index contributed by atoms with van der Waals surface area (Å²) in [6.45, 7) is 8.14. The molecule has 1 aliphatic rings. The fraction of sp³-hybridized carbons (Fsp3) is 0.647. The third-order valence-corrected chi connectivity index (χ3v) is 4.42.